The van der Waals surface area contributed by atoms with E-state index in [1.54, 1.807) is 7.11 Å². The second kappa shape index (κ2) is 3.89. The lowest BCUT2D eigenvalue weighted by atomic mass is 10.1. The Hall–Kier alpha value is -0.870. The van der Waals surface area contributed by atoms with Gasteiger partial charge in [-0.25, -0.2) is 0 Å². The summed E-state index contributed by atoms with van der Waals surface area (Å²) < 4.78 is 7.21. The minimum absolute atomic E-state index is 0.533. The Labute approximate surface area is 77.9 Å². The SMILES string of the molecule is COCC1CNCc2ccnn2C1. The summed E-state index contributed by atoms with van der Waals surface area (Å²) in [4.78, 5) is 0. The van der Waals surface area contributed by atoms with Gasteiger partial charge < -0.3 is 10.1 Å². The van der Waals surface area contributed by atoms with Crippen molar-refractivity contribution in [3.05, 3.63) is 18.0 Å². The van der Waals surface area contributed by atoms with Crippen LogP contribution >= 0.6 is 0 Å². The van der Waals surface area contributed by atoms with E-state index in [-0.39, 0.29) is 0 Å². The molecule has 72 valence electrons. The number of fused-ring (bicyclic) bond motifs is 1. The van der Waals surface area contributed by atoms with Gasteiger partial charge in [-0.1, -0.05) is 0 Å². The first kappa shape index (κ1) is 8.72. The number of hydrogen-bond donors (Lipinski definition) is 1. The van der Waals surface area contributed by atoms with Crippen LogP contribution in [0.15, 0.2) is 12.3 Å². The molecule has 1 aliphatic heterocycles. The van der Waals surface area contributed by atoms with Crippen molar-refractivity contribution in [1.29, 1.82) is 0 Å². The molecule has 13 heavy (non-hydrogen) atoms. The van der Waals surface area contributed by atoms with Crippen LogP contribution in [0.4, 0.5) is 0 Å². The summed E-state index contributed by atoms with van der Waals surface area (Å²) in [6, 6.07) is 2.06. The third-order valence-corrected chi connectivity index (χ3v) is 2.38. The molecule has 4 nitrogen and oxygen atoms in total. The lowest BCUT2D eigenvalue weighted by Crippen LogP contribution is -2.24. The molecule has 1 aromatic heterocycles. The maximum absolute atomic E-state index is 5.15. The quantitative estimate of drug-likeness (QED) is 0.710. The van der Waals surface area contributed by atoms with Gasteiger partial charge in [0.1, 0.15) is 0 Å². The van der Waals surface area contributed by atoms with Crippen LogP contribution in [0.5, 0.6) is 0 Å². The molecule has 0 fully saturated rings. The van der Waals surface area contributed by atoms with Crippen LogP contribution in [0.2, 0.25) is 0 Å². The molecule has 4 heteroatoms. The molecule has 1 aliphatic rings. The van der Waals surface area contributed by atoms with E-state index < -0.39 is 0 Å². The fourth-order valence-corrected chi connectivity index (χ4v) is 1.74. The zero-order valence-corrected chi connectivity index (χ0v) is 7.86. The first-order valence-electron chi connectivity index (χ1n) is 4.60. The first-order valence-corrected chi connectivity index (χ1v) is 4.60. The zero-order valence-electron chi connectivity index (χ0n) is 7.86. The number of nitrogens with one attached hydrogen (secondary N) is 1. The van der Waals surface area contributed by atoms with E-state index >= 15 is 0 Å². The largest absolute Gasteiger partial charge is 0.384 e. The minimum Gasteiger partial charge on any atom is -0.384 e. The Morgan fingerprint density at radius 2 is 2.69 bits per heavy atom. The summed E-state index contributed by atoms with van der Waals surface area (Å²) in [7, 11) is 1.74. The zero-order chi connectivity index (χ0) is 9.10. The van der Waals surface area contributed by atoms with Crippen molar-refractivity contribution >= 4 is 0 Å². The normalized spacial score (nSPS) is 22.4. The maximum atomic E-state index is 5.15. The number of methoxy groups -OCH3 is 1. The number of aromatic nitrogens is 2. The van der Waals surface area contributed by atoms with Gasteiger partial charge in [0.05, 0.1) is 12.3 Å². The van der Waals surface area contributed by atoms with Gasteiger partial charge in [0.2, 0.25) is 0 Å². The van der Waals surface area contributed by atoms with E-state index in [0.29, 0.717) is 5.92 Å². The molecule has 0 aliphatic carbocycles. The second-order valence-corrected chi connectivity index (χ2v) is 3.46. The predicted octanol–water partition coefficient (Wildman–Crippen LogP) is 0.249. The summed E-state index contributed by atoms with van der Waals surface area (Å²) in [5, 5.41) is 7.65. The molecule has 2 heterocycles. The molecule has 0 aromatic carbocycles. The Kier molecular flexibility index (Phi) is 2.61. The maximum Gasteiger partial charge on any atom is 0.0522 e. The molecule has 0 saturated heterocycles. The van der Waals surface area contributed by atoms with Crippen molar-refractivity contribution in [3.8, 4) is 0 Å². The van der Waals surface area contributed by atoms with Gasteiger partial charge in [0.25, 0.3) is 0 Å². The fourth-order valence-electron chi connectivity index (χ4n) is 1.74. The molecule has 0 radical (unpaired) electrons. The van der Waals surface area contributed by atoms with Crippen LogP contribution in [-0.4, -0.2) is 30.0 Å². The summed E-state index contributed by atoms with van der Waals surface area (Å²) >= 11 is 0. The predicted molar refractivity (Wildman–Crippen MR) is 49.3 cm³/mol. The van der Waals surface area contributed by atoms with E-state index in [1.165, 1.54) is 5.69 Å². The molecule has 1 N–H and O–H groups in total. The number of ether oxygens (including phenoxy) is 1. The second-order valence-electron chi connectivity index (χ2n) is 3.46. The van der Waals surface area contributed by atoms with Gasteiger partial charge in [-0.3, -0.25) is 4.68 Å². The molecule has 0 bridgehead atoms. The monoisotopic (exact) mass is 181 g/mol. The molecule has 2 rings (SSSR count). The van der Waals surface area contributed by atoms with E-state index in [4.69, 9.17) is 4.74 Å². The van der Waals surface area contributed by atoms with Gasteiger partial charge in [-0.2, -0.15) is 5.10 Å². The Morgan fingerprint density at radius 3 is 3.54 bits per heavy atom. The Morgan fingerprint density at radius 1 is 1.77 bits per heavy atom. The van der Waals surface area contributed by atoms with Crippen molar-refractivity contribution < 1.29 is 4.74 Å². The van der Waals surface area contributed by atoms with Gasteiger partial charge in [-0.05, 0) is 6.07 Å². The summed E-state index contributed by atoms with van der Waals surface area (Å²) in [5.74, 6) is 0.533. The fraction of sp³-hybridized carbons (Fsp3) is 0.667. The summed E-state index contributed by atoms with van der Waals surface area (Å²) in [6.45, 7) is 3.69. The summed E-state index contributed by atoms with van der Waals surface area (Å²) in [6.07, 6.45) is 1.85. The van der Waals surface area contributed by atoms with Crippen LogP contribution < -0.4 is 5.32 Å². The van der Waals surface area contributed by atoms with Gasteiger partial charge in [0.15, 0.2) is 0 Å². The highest BCUT2D eigenvalue weighted by molar-refractivity contribution is 5.01. The van der Waals surface area contributed by atoms with Crippen molar-refractivity contribution in [2.75, 3.05) is 20.3 Å². The van der Waals surface area contributed by atoms with Gasteiger partial charge in [0, 0.05) is 38.9 Å². The molecular formula is C9H15N3O. The molecule has 0 amide bonds. The number of rotatable bonds is 2. The molecular weight excluding hydrogens is 166 g/mol. The van der Waals surface area contributed by atoms with Crippen molar-refractivity contribution in [2.24, 2.45) is 5.92 Å². The van der Waals surface area contributed by atoms with E-state index in [1.807, 2.05) is 6.20 Å². The third-order valence-electron chi connectivity index (χ3n) is 2.38. The molecule has 0 spiro atoms. The average Bonchev–Trinajstić information content (AvgIpc) is 2.46. The average molecular weight is 181 g/mol. The van der Waals surface area contributed by atoms with Crippen molar-refractivity contribution in [1.82, 2.24) is 15.1 Å². The van der Waals surface area contributed by atoms with Crippen molar-refractivity contribution in [2.45, 2.75) is 13.1 Å². The highest BCUT2D eigenvalue weighted by atomic mass is 16.5. The molecule has 1 atom stereocenters. The van der Waals surface area contributed by atoms with Crippen LogP contribution in [0.25, 0.3) is 0 Å². The molecule has 1 unspecified atom stereocenters. The molecule has 0 saturated carbocycles. The number of hydrogen-bond acceptors (Lipinski definition) is 3. The highest BCUT2D eigenvalue weighted by Gasteiger charge is 2.15. The summed E-state index contributed by atoms with van der Waals surface area (Å²) in [5.41, 5.74) is 1.26. The van der Waals surface area contributed by atoms with Gasteiger partial charge in [-0.15, -0.1) is 0 Å². The van der Waals surface area contributed by atoms with Gasteiger partial charge >= 0.3 is 0 Å². The standard InChI is InChI=1S/C9H15N3O/c1-13-7-8-4-10-5-9-2-3-11-12(9)6-8/h2-3,8,10H,4-7H2,1H3. The van der Waals surface area contributed by atoms with E-state index in [0.717, 1.165) is 26.2 Å². The van der Waals surface area contributed by atoms with Crippen molar-refractivity contribution in [3.63, 3.8) is 0 Å². The van der Waals surface area contributed by atoms with E-state index in [9.17, 15) is 0 Å². The smallest absolute Gasteiger partial charge is 0.0522 e. The van der Waals surface area contributed by atoms with Crippen LogP contribution in [-0.2, 0) is 17.8 Å². The lowest BCUT2D eigenvalue weighted by Gasteiger charge is -2.12. The Balaban J connectivity index is 2.07. The first-order chi connectivity index (χ1) is 6.40. The number of nitrogens with zero attached hydrogens (tertiary/aromatic N) is 2. The highest BCUT2D eigenvalue weighted by Crippen LogP contribution is 2.08. The minimum atomic E-state index is 0.533. The third kappa shape index (κ3) is 1.89. The lowest BCUT2D eigenvalue weighted by molar-refractivity contribution is 0.143. The topological polar surface area (TPSA) is 39.1 Å². The van der Waals surface area contributed by atoms with E-state index in [2.05, 4.69) is 21.2 Å². The van der Waals surface area contributed by atoms with Crippen LogP contribution in [0.1, 0.15) is 5.69 Å². The molecule has 1 aromatic rings. The Bertz CT molecular complexity index is 272. The van der Waals surface area contributed by atoms with Crippen LogP contribution in [0.3, 0.4) is 0 Å². The van der Waals surface area contributed by atoms with Crippen LogP contribution in [0, 0.1) is 5.92 Å².